The molecule has 0 aromatic heterocycles. The summed E-state index contributed by atoms with van der Waals surface area (Å²) < 4.78 is 0. The van der Waals surface area contributed by atoms with Crippen LogP contribution in [0.15, 0.2) is 18.2 Å². The quantitative estimate of drug-likeness (QED) is 0.728. The lowest BCUT2D eigenvalue weighted by Gasteiger charge is -2.07. The van der Waals surface area contributed by atoms with E-state index in [0.29, 0.717) is 0 Å². The second kappa shape index (κ2) is 3.41. The van der Waals surface area contributed by atoms with Crippen LogP contribution in [0.3, 0.4) is 0 Å². The van der Waals surface area contributed by atoms with Crippen molar-refractivity contribution in [3.05, 3.63) is 29.3 Å². The molecule has 1 heteroatoms. The molecule has 1 atom stereocenters. The van der Waals surface area contributed by atoms with E-state index in [0.717, 1.165) is 18.9 Å². The molecule has 1 N–H and O–H groups in total. The highest BCUT2D eigenvalue weighted by Crippen LogP contribution is 2.35. The first kappa shape index (κ1) is 8.61. The fourth-order valence-corrected chi connectivity index (χ4v) is 2.17. The fourth-order valence-electron chi connectivity index (χ4n) is 2.17. The molecule has 0 aliphatic carbocycles. The van der Waals surface area contributed by atoms with E-state index in [4.69, 9.17) is 0 Å². The Bertz CT molecular complexity index is 304. The van der Waals surface area contributed by atoms with E-state index in [9.17, 15) is 0 Å². The van der Waals surface area contributed by atoms with Crippen LogP contribution in [-0.4, -0.2) is 6.54 Å². The number of fused-ring (bicyclic) bond motifs is 1. The van der Waals surface area contributed by atoms with Crippen LogP contribution in [0.1, 0.15) is 37.3 Å². The highest BCUT2D eigenvalue weighted by atomic mass is 14.9. The number of anilines is 1. The standard InChI is InChI=1S/C12H17N/c1-3-9-6-5-7-11-10(4-2)8-13-12(9)11/h5-7,10,13H,3-4,8H2,1-2H3. The molecular formula is C12H17N. The molecule has 0 spiro atoms. The molecule has 0 radical (unpaired) electrons. The normalized spacial score (nSPS) is 19.7. The van der Waals surface area contributed by atoms with Crippen LogP contribution in [0.2, 0.25) is 0 Å². The molecule has 1 heterocycles. The average molecular weight is 175 g/mol. The molecule has 1 aliphatic rings. The van der Waals surface area contributed by atoms with Crippen molar-refractivity contribution >= 4 is 5.69 Å². The van der Waals surface area contributed by atoms with Gasteiger partial charge < -0.3 is 5.32 Å². The highest BCUT2D eigenvalue weighted by Gasteiger charge is 2.21. The Morgan fingerprint density at radius 1 is 1.38 bits per heavy atom. The van der Waals surface area contributed by atoms with E-state index in [1.165, 1.54) is 23.2 Å². The van der Waals surface area contributed by atoms with Gasteiger partial charge in [0.05, 0.1) is 0 Å². The van der Waals surface area contributed by atoms with E-state index in [1.54, 1.807) is 0 Å². The van der Waals surface area contributed by atoms with Crippen LogP contribution in [0.5, 0.6) is 0 Å². The first-order valence-corrected chi connectivity index (χ1v) is 5.22. The van der Waals surface area contributed by atoms with Crippen molar-refractivity contribution in [1.82, 2.24) is 0 Å². The molecule has 2 rings (SSSR count). The number of hydrogen-bond donors (Lipinski definition) is 1. The smallest absolute Gasteiger partial charge is 0.0408 e. The summed E-state index contributed by atoms with van der Waals surface area (Å²) in [6.45, 7) is 5.61. The third kappa shape index (κ3) is 1.32. The zero-order valence-corrected chi connectivity index (χ0v) is 8.43. The molecule has 1 nitrogen and oxygen atoms in total. The van der Waals surface area contributed by atoms with Crippen molar-refractivity contribution in [1.29, 1.82) is 0 Å². The van der Waals surface area contributed by atoms with Crippen molar-refractivity contribution in [2.75, 3.05) is 11.9 Å². The maximum Gasteiger partial charge on any atom is 0.0408 e. The molecule has 13 heavy (non-hydrogen) atoms. The van der Waals surface area contributed by atoms with E-state index < -0.39 is 0 Å². The van der Waals surface area contributed by atoms with Crippen molar-refractivity contribution in [2.45, 2.75) is 32.6 Å². The minimum absolute atomic E-state index is 0.737. The van der Waals surface area contributed by atoms with Gasteiger partial charge in [-0.05, 0) is 24.0 Å². The lowest BCUT2D eigenvalue weighted by atomic mass is 9.96. The van der Waals surface area contributed by atoms with Crippen LogP contribution in [0.4, 0.5) is 5.69 Å². The van der Waals surface area contributed by atoms with Gasteiger partial charge in [0.15, 0.2) is 0 Å². The van der Waals surface area contributed by atoms with Gasteiger partial charge in [-0.2, -0.15) is 0 Å². The van der Waals surface area contributed by atoms with E-state index in [1.807, 2.05) is 0 Å². The third-order valence-electron chi connectivity index (χ3n) is 3.02. The lowest BCUT2D eigenvalue weighted by molar-refractivity contribution is 0.727. The first-order chi connectivity index (χ1) is 6.36. The number of benzene rings is 1. The number of hydrogen-bond acceptors (Lipinski definition) is 1. The molecule has 1 aromatic rings. The second-order valence-electron chi connectivity index (χ2n) is 3.72. The van der Waals surface area contributed by atoms with Crippen molar-refractivity contribution in [2.24, 2.45) is 0 Å². The molecule has 0 saturated heterocycles. The lowest BCUT2D eigenvalue weighted by Crippen LogP contribution is -1.99. The van der Waals surface area contributed by atoms with Crippen molar-refractivity contribution in [3.8, 4) is 0 Å². The van der Waals surface area contributed by atoms with Crippen molar-refractivity contribution < 1.29 is 0 Å². The van der Waals surface area contributed by atoms with Crippen LogP contribution in [0.25, 0.3) is 0 Å². The highest BCUT2D eigenvalue weighted by molar-refractivity contribution is 5.63. The molecule has 70 valence electrons. The predicted octanol–water partition coefficient (Wildman–Crippen LogP) is 3.17. The summed E-state index contributed by atoms with van der Waals surface area (Å²) in [6.07, 6.45) is 2.37. The summed E-state index contributed by atoms with van der Waals surface area (Å²) in [5.74, 6) is 0.737. The molecule has 1 unspecified atom stereocenters. The number of nitrogens with one attached hydrogen (secondary N) is 1. The first-order valence-electron chi connectivity index (χ1n) is 5.22. The maximum absolute atomic E-state index is 3.52. The van der Waals surface area contributed by atoms with Gasteiger partial charge in [0.2, 0.25) is 0 Å². The minimum Gasteiger partial charge on any atom is -0.384 e. The number of rotatable bonds is 2. The zero-order valence-electron chi connectivity index (χ0n) is 8.43. The van der Waals surface area contributed by atoms with E-state index >= 15 is 0 Å². The van der Waals surface area contributed by atoms with E-state index in [2.05, 4.69) is 37.4 Å². The molecule has 0 bridgehead atoms. The minimum atomic E-state index is 0.737. The van der Waals surface area contributed by atoms with Gasteiger partial charge in [0, 0.05) is 18.2 Å². The second-order valence-corrected chi connectivity index (χ2v) is 3.72. The topological polar surface area (TPSA) is 12.0 Å². The van der Waals surface area contributed by atoms with Crippen LogP contribution in [0, 0.1) is 0 Å². The zero-order chi connectivity index (χ0) is 9.26. The van der Waals surface area contributed by atoms with Gasteiger partial charge in [-0.3, -0.25) is 0 Å². The molecule has 0 fully saturated rings. The van der Waals surface area contributed by atoms with E-state index in [-0.39, 0.29) is 0 Å². The number of aryl methyl sites for hydroxylation is 1. The van der Waals surface area contributed by atoms with Gasteiger partial charge in [0.1, 0.15) is 0 Å². The Kier molecular flexibility index (Phi) is 2.26. The van der Waals surface area contributed by atoms with Crippen LogP contribution in [-0.2, 0) is 6.42 Å². The molecule has 1 aliphatic heterocycles. The van der Waals surface area contributed by atoms with Gasteiger partial charge in [-0.25, -0.2) is 0 Å². The summed E-state index contributed by atoms with van der Waals surface area (Å²) in [6, 6.07) is 6.68. The van der Waals surface area contributed by atoms with Crippen LogP contribution >= 0.6 is 0 Å². The fraction of sp³-hybridized carbons (Fsp3) is 0.500. The Morgan fingerprint density at radius 3 is 2.92 bits per heavy atom. The molecule has 1 aromatic carbocycles. The van der Waals surface area contributed by atoms with Crippen molar-refractivity contribution in [3.63, 3.8) is 0 Å². The Labute approximate surface area is 80.2 Å². The Hall–Kier alpha value is -0.980. The Morgan fingerprint density at radius 2 is 2.23 bits per heavy atom. The van der Waals surface area contributed by atoms with Gasteiger partial charge in [0.25, 0.3) is 0 Å². The molecular weight excluding hydrogens is 158 g/mol. The summed E-state index contributed by atoms with van der Waals surface area (Å²) in [5, 5.41) is 3.52. The monoisotopic (exact) mass is 175 g/mol. The predicted molar refractivity (Wildman–Crippen MR) is 57.3 cm³/mol. The maximum atomic E-state index is 3.52. The van der Waals surface area contributed by atoms with Gasteiger partial charge >= 0.3 is 0 Å². The molecule has 0 saturated carbocycles. The third-order valence-corrected chi connectivity index (χ3v) is 3.02. The Balaban J connectivity index is 2.43. The average Bonchev–Trinajstić information content (AvgIpc) is 2.60. The largest absolute Gasteiger partial charge is 0.384 e. The van der Waals surface area contributed by atoms with Gasteiger partial charge in [-0.1, -0.05) is 32.0 Å². The molecule has 0 amide bonds. The van der Waals surface area contributed by atoms with Crippen LogP contribution < -0.4 is 5.32 Å². The summed E-state index contributed by atoms with van der Waals surface area (Å²) in [7, 11) is 0. The SMILES string of the molecule is CCc1cccc2c1NCC2CC. The summed E-state index contributed by atoms with van der Waals surface area (Å²) in [5.41, 5.74) is 4.41. The number of para-hydroxylation sites is 1. The van der Waals surface area contributed by atoms with Gasteiger partial charge in [-0.15, -0.1) is 0 Å². The summed E-state index contributed by atoms with van der Waals surface area (Å²) in [4.78, 5) is 0. The summed E-state index contributed by atoms with van der Waals surface area (Å²) >= 11 is 0.